The smallest absolute Gasteiger partial charge is 0.240 e. The molecule has 1 aromatic carbocycles. The van der Waals surface area contributed by atoms with Crippen molar-refractivity contribution in [1.82, 2.24) is 19.8 Å². The van der Waals surface area contributed by atoms with E-state index in [1.165, 1.54) is 24.4 Å². The standard InChI is InChI=1S/C18H17FN4O3S/c1-18(2)14(15(18)23-27(24,25)13-6-4-3-5-7-13)17-21-16(22-26-17)11-8-12(19)10-20-9-11/h3-10,14-15,23H,1-2H3/t14-,15-/m0/s1. The molecule has 0 bridgehead atoms. The minimum absolute atomic E-state index is 0.198. The Kier molecular flexibility index (Phi) is 4.08. The molecule has 7 nitrogen and oxygen atoms in total. The van der Waals surface area contributed by atoms with Gasteiger partial charge in [-0.1, -0.05) is 37.2 Å². The van der Waals surface area contributed by atoms with Crippen molar-refractivity contribution in [3.05, 3.63) is 60.5 Å². The molecule has 2 heterocycles. The summed E-state index contributed by atoms with van der Waals surface area (Å²) >= 11 is 0. The Labute approximate surface area is 155 Å². The van der Waals surface area contributed by atoms with Gasteiger partial charge in [-0.25, -0.2) is 17.5 Å². The quantitative estimate of drug-likeness (QED) is 0.722. The van der Waals surface area contributed by atoms with Crippen LogP contribution in [0.3, 0.4) is 0 Å². The third-order valence-corrected chi connectivity index (χ3v) is 6.29. The van der Waals surface area contributed by atoms with Crippen LogP contribution in [0.1, 0.15) is 25.7 Å². The number of hydrogen-bond donors (Lipinski definition) is 1. The van der Waals surface area contributed by atoms with Crippen molar-refractivity contribution >= 4 is 10.0 Å². The molecule has 0 spiro atoms. The molecule has 4 rings (SSSR count). The van der Waals surface area contributed by atoms with Gasteiger partial charge in [0.2, 0.25) is 21.7 Å². The zero-order valence-corrected chi connectivity index (χ0v) is 15.4. The highest BCUT2D eigenvalue weighted by Crippen LogP contribution is 2.58. The largest absolute Gasteiger partial charge is 0.339 e. The fraction of sp³-hybridized carbons (Fsp3) is 0.278. The zero-order valence-electron chi connectivity index (χ0n) is 14.6. The van der Waals surface area contributed by atoms with Crippen molar-refractivity contribution in [3.8, 4) is 11.4 Å². The van der Waals surface area contributed by atoms with Gasteiger partial charge in [0.1, 0.15) is 5.82 Å². The lowest BCUT2D eigenvalue weighted by atomic mass is 10.1. The van der Waals surface area contributed by atoms with Crippen molar-refractivity contribution in [2.45, 2.75) is 30.7 Å². The van der Waals surface area contributed by atoms with Crippen molar-refractivity contribution in [3.63, 3.8) is 0 Å². The predicted molar refractivity (Wildman–Crippen MR) is 94.6 cm³/mol. The third-order valence-electron chi connectivity index (χ3n) is 4.83. The van der Waals surface area contributed by atoms with E-state index in [9.17, 15) is 12.8 Å². The zero-order chi connectivity index (χ0) is 19.2. The molecule has 0 radical (unpaired) electrons. The van der Waals surface area contributed by atoms with Gasteiger partial charge in [0.25, 0.3) is 0 Å². The van der Waals surface area contributed by atoms with Gasteiger partial charge < -0.3 is 4.52 Å². The lowest BCUT2D eigenvalue weighted by Gasteiger charge is -2.07. The summed E-state index contributed by atoms with van der Waals surface area (Å²) in [4.78, 5) is 8.28. The first-order valence-electron chi connectivity index (χ1n) is 8.31. The Bertz CT molecular complexity index is 1080. The molecule has 0 amide bonds. The lowest BCUT2D eigenvalue weighted by Crippen LogP contribution is -2.29. The highest BCUT2D eigenvalue weighted by molar-refractivity contribution is 7.89. The summed E-state index contributed by atoms with van der Waals surface area (Å²) in [6, 6.07) is 9.03. The van der Waals surface area contributed by atoms with Gasteiger partial charge >= 0.3 is 0 Å². The third kappa shape index (κ3) is 3.24. The molecule has 140 valence electrons. The fourth-order valence-electron chi connectivity index (χ4n) is 3.17. The molecule has 1 aliphatic carbocycles. The van der Waals surface area contributed by atoms with E-state index in [-0.39, 0.29) is 22.7 Å². The van der Waals surface area contributed by atoms with E-state index in [1.54, 1.807) is 18.2 Å². The molecule has 1 N–H and O–H groups in total. The van der Waals surface area contributed by atoms with Crippen LogP contribution in [0.4, 0.5) is 4.39 Å². The first-order chi connectivity index (χ1) is 12.8. The average molecular weight is 388 g/mol. The van der Waals surface area contributed by atoms with E-state index in [1.807, 2.05) is 13.8 Å². The summed E-state index contributed by atoms with van der Waals surface area (Å²) in [6.07, 6.45) is 2.52. The summed E-state index contributed by atoms with van der Waals surface area (Å²) in [5.74, 6) is -0.262. The predicted octanol–water partition coefficient (Wildman–Crippen LogP) is 2.74. The van der Waals surface area contributed by atoms with Gasteiger partial charge in [-0.05, 0) is 23.6 Å². The molecule has 27 heavy (non-hydrogen) atoms. The van der Waals surface area contributed by atoms with Crippen molar-refractivity contribution in [2.24, 2.45) is 5.41 Å². The first-order valence-corrected chi connectivity index (χ1v) is 9.79. The summed E-state index contributed by atoms with van der Waals surface area (Å²) in [5.41, 5.74) is -0.00358. The minimum Gasteiger partial charge on any atom is -0.339 e. The maximum absolute atomic E-state index is 13.3. The molecule has 9 heteroatoms. The Morgan fingerprint density at radius 2 is 1.93 bits per heavy atom. The van der Waals surface area contributed by atoms with Gasteiger partial charge in [-0.3, -0.25) is 4.98 Å². The second-order valence-corrected chi connectivity index (χ2v) is 8.77. The number of nitrogens with one attached hydrogen (secondary N) is 1. The second kappa shape index (κ2) is 6.21. The number of halogens is 1. The van der Waals surface area contributed by atoms with Crippen LogP contribution in [0.25, 0.3) is 11.4 Å². The van der Waals surface area contributed by atoms with Crippen LogP contribution in [-0.2, 0) is 10.0 Å². The monoisotopic (exact) mass is 388 g/mol. The van der Waals surface area contributed by atoms with E-state index in [4.69, 9.17) is 4.52 Å². The molecule has 3 aromatic rings. The maximum Gasteiger partial charge on any atom is 0.240 e. The number of rotatable bonds is 5. The van der Waals surface area contributed by atoms with Crippen LogP contribution in [0.5, 0.6) is 0 Å². The summed E-state index contributed by atoms with van der Waals surface area (Å²) in [7, 11) is -3.66. The Morgan fingerprint density at radius 3 is 2.63 bits per heavy atom. The summed E-state index contributed by atoms with van der Waals surface area (Å²) in [6.45, 7) is 3.84. The van der Waals surface area contributed by atoms with Crippen LogP contribution in [-0.4, -0.2) is 29.6 Å². The number of sulfonamides is 1. The first kappa shape index (κ1) is 17.7. The molecule has 0 unspecified atom stereocenters. The van der Waals surface area contributed by atoms with Gasteiger partial charge in [0.05, 0.1) is 17.0 Å². The molecule has 1 fully saturated rings. The molecular weight excluding hydrogens is 371 g/mol. The summed E-state index contributed by atoms with van der Waals surface area (Å²) in [5, 5.41) is 3.87. The van der Waals surface area contributed by atoms with Crippen molar-refractivity contribution in [1.29, 1.82) is 0 Å². The highest BCUT2D eigenvalue weighted by Gasteiger charge is 2.63. The van der Waals surface area contributed by atoms with Crippen LogP contribution in [0.15, 0.2) is 58.2 Å². The maximum atomic E-state index is 13.3. The summed E-state index contributed by atoms with van der Waals surface area (Å²) < 4.78 is 46.5. The minimum atomic E-state index is -3.66. The number of hydrogen-bond acceptors (Lipinski definition) is 6. The van der Waals surface area contributed by atoms with Gasteiger partial charge in [0.15, 0.2) is 0 Å². The SMILES string of the molecule is CC1(C)[C@H](c2nc(-c3cncc(F)c3)no2)[C@@H]1NS(=O)(=O)c1ccccc1. The Hall–Kier alpha value is -2.65. The van der Waals surface area contributed by atoms with Crippen LogP contribution in [0.2, 0.25) is 0 Å². The number of aromatic nitrogens is 3. The molecule has 0 saturated heterocycles. The molecule has 0 aliphatic heterocycles. The van der Waals surface area contributed by atoms with E-state index >= 15 is 0 Å². The number of benzene rings is 1. The van der Waals surface area contributed by atoms with Gasteiger partial charge in [0, 0.05) is 17.8 Å². The fourth-order valence-corrected chi connectivity index (χ4v) is 4.59. The van der Waals surface area contributed by atoms with Crippen LogP contribution in [0, 0.1) is 11.2 Å². The van der Waals surface area contributed by atoms with Crippen molar-refractivity contribution in [2.75, 3.05) is 0 Å². The van der Waals surface area contributed by atoms with E-state index < -0.39 is 21.3 Å². The van der Waals surface area contributed by atoms with E-state index in [0.29, 0.717) is 11.5 Å². The van der Waals surface area contributed by atoms with Gasteiger partial charge in [-0.2, -0.15) is 4.98 Å². The van der Waals surface area contributed by atoms with Crippen LogP contribution < -0.4 is 4.72 Å². The molecule has 2 atom stereocenters. The van der Waals surface area contributed by atoms with Gasteiger partial charge in [-0.15, -0.1) is 0 Å². The molecule has 2 aromatic heterocycles. The van der Waals surface area contributed by atoms with Crippen LogP contribution >= 0.6 is 0 Å². The topological polar surface area (TPSA) is 98.0 Å². The van der Waals surface area contributed by atoms with E-state index in [2.05, 4.69) is 19.8 Å². The average Bonchev–Trinajstić information content (AvgIpc) is 2.99. The lowest BCUT2D eigenvalue weighted by molar-refractivity contribution is 0.368. The van der Waals surface area contributed by atoms with E-state index in [0.717, 1.165) is 6.20 Å². The molecule has 1 aliphatic rings. The molecular formula is C18H17FN4O3S. The highest BCUT2D eigenvalue weighted by atomic mass is 32.2. The van der Waals surface area contributed by atoms with Crippen molar-refractivity contribution < 1.29 is 17.3 Å². The molecule has 1 saturated carbocycles. The number of nitrogens with zero attached hydrogens (tertiary/aromatic N) is 3. The second-order valence-electron chi connectivity index (χ2n) is 7.06. The Morgan fingerprint density at radius 1 is 1.19 bits per heavy atom. The number of pyridine rings is 1. The normalized spacial score (nSPS) is 21.1. The Balaban J connectivity index is 1.57.